The Labute approximate surface area is 123 Å². The summed E-state index contributed by atoms with van der Waals surface area (Å²) in [4.78, 5) is 0. The lowest BCUT2D eigenvalue weighted by Crippen LogP contribution is -2.35. The van der Waals surface area contributed by atoms with Gasteiger partial charge in [-0.1, -0.05) is 24.6 Å². The molecule has 4 atom stereocenters. The maximum Gasteiger partial charge on any atom is 0.416 e. The first-order chi connectivity index (χ1) is 9.93. The Morgan fingerprint density at radius 2 is 2.05 bits per heavy atom. The fraction of sp³-hybridized carbons (Fsp3) is 0.647. The first kappa shape index (κ1) is 14.9. The van der Waals surface area contributed by atoms with Gasteiger partial charge < -0.3 is 5.32 Å². The number of hydrogen-bond acceptors (Lipinski definition) is 1. The molecule has 2 fully saturated rings. The number of halogens is 3. The molecule has 0 spiro atoms. The molecule has 0 heterocycles. The molecule has 3 rings (SSSR count). The van der Waals surface area contributed by atoms with Gasteiger partial charge in [-0.25, -0.2) is 0 Å². The summed E-state index contributed by atoms with van der Waals surface area (Å²) in [5, 5.41) is 3.44. The van der Waals surface area contributed by atoms with Gasteiger partial charge >= 0.3 is 6.18 Å². The molecule has 116 valence electrons. The lowest BCUT2D eigenvalue weighted by atomic mass is 9.84. The molecule has 2 aliphatic carbocycles. The SMILES string of the molecule is CC(NCc1cccc(C(F)(F)F)c1)C1CC2CCC1C2. The van der Waals surface area contributed by atoms with Crippen LogP contribution in [-0.4, -0.2) is 6.04 Å². The first-order valence-corrected chi connectivity index (χ1v) is 7.83. The highest BCUT2D eigenvalue weighted by molar-refractivity contribution is 5.25. The predicted molar refractivity (Wildman–Crippen MR) is 76.7 cm³/mol. The molecule has 1 N–H and O–H groups in total. The second kappa shape index (κ2) is 5.64. The third kappa shape index (κ3) is 3.25. The highest BCUT2D eigenvalue weighted by atomic mass is 19.4. The summed E-state index contributed by atoms with van der Waals surface area (Å²) >= 11 is 0. The van der Waals surface area contributed by atoms with Crippen molar-refractivity contribution in [1.82, 2.24) is 5.32 Å². The number of rotatable bonds is 4. The molecule has 2 saturated carbocycles. The maximum absolute atomic E-state index is 12.7. The molecule has 1 aromatic rings. The molecule has 0 amide bonds. The Balaban J connectivity index is 1.57. The van der Waals surface area contributed by atoms with Gasteiger partial charge in [0.2, 0.25) is 0 Å². The van der Waals surface area contributed by atoms with E-state index in [4.69, 9.17) is 0 Å². The van der Waals surface area contributed by atoms with E-state index in [2.05, 4.69) is 12.2 Å². The van der Waals surface area contributed by atoms with E-state index in [0.29, 0.717) is 24.1 Å². The smallest absolute Gasteiger partial charge is 0.310 e. The van der Waals surface area contributed by atoms with Gasteiger partial charge in [-0.2, -0.15) is 13.2 Å². The van der Waals surface area contributed by atoms with E-state index in [0.717, 1.165) is 17.9 Å². The fourth-order valence-electron chi connectivity index (χ4n) is 4.19. The quantitative estimate of drug-likeness (QED) is 0.855. The van der Waals surface area contributed by atoms with Gasteiger partial charge in [0.15, 0.2) is 0 Å². The molecule has 0 radical (unpaired) electrons. The normalized spacial score (nSPS) is 29.8. The number of alkyl halides is 3. The summed E-state index contributed by atoms with van der Waals surface area (Å²) in [7, 11) is 0. The van der Waals surface area contributed by atoms with Crippen LogP contribution in [0.5, 0.6) is 0 Å². The van der Waals surface area contributed by atoms with Crippen LogP contribution in [-0.2, 0) is 12.7 Å². The molecular formula is C17H22F3N. The zero-order valence-electron chi connectivity index (χ0n) is 12.3. The standard InChI is InChI=1S/C17H22F3N/c1-11(16-9-12-5-6-14(16)7-12)21-10-13-3-2-4-15(8-13)17(18,19)20/h2-4,8,11-12,14,16,21H,5-7,9-10H2,1H3. The lowest BCUT2D eigenvalue weighted by Gasteiger charge is -2.28. The summed E-state index contributed by atoms with van der Waals surface area (Å²) < 4.78 is 38.1. The second-order valence-electron chi connectivity index (χ2n) is 6.71. The minimum absolute atomic E-state index is 0.384. The Hall–Kier alpha value is -1.03. The third-order valence-corrected chi connectivity index (χ3v) is 5.32. The molecule has 0 aromatic heterocycles. The summed E-state index contributed by atoms with van der Waals surface area (Å²) in [5.41, 5.74) is 0.147. The van der Waals surface area contributed by atoms with Crippen molar-refractivity contribution in [2.75, 3.05) is 0 Å². The molecule has 21 heavy (non-hydrogen) atoms. The number of fused-ring (bicyclic) bond motifs is 2. The fourth-order valence-corrected chi connectivity index (χ4v) is 4.19. The van der Waals surface area contributed by atoms with Crippen molar-refractivity contribution in [3.05, 3.63) is 35.4 Å². The van der Waals surface area contributed by atoms with Crippen molar-refractivity contribution in [3.63, 3.8) is 0 Å². The summed E-state index contributed by atoms with van der Waals surface area (Å²) in [6.45, 7) is 2.69. The van der Waals surface area contributed by atoms with E-state index in [-0.39, 0.29) is 0 Å². The molecule has 2 aliphatic rings. The minimum Gasteiger partial charge on any atom is -0.310 e. The van der Waals surface area contributed by atoms with Gasteiger partial charge in [-0.05, 0) is 55.6 Å². The average Bonchev–Trinajstić information content (AvgIpc) is 3.07. The van der Waals surface area contributed by atoms with Gasteiger partial charge in [0, 0.05) is 12.6 Å². The Kier molecular flexibility index (Phi) is 4.00. The van der Waals surface area contributed by atoms with Crippen LogP contribution in [0.2, 0.25) is 0 Å². The van der Waals surface area contributed by atoms with Crippen LogP contribution in [0, 0.1) is 17.8 Å². The van der Waals surface area contributed by atoms with Crippen LogP contribution in [0.3, 0.4) is 0 Å². The minimum atomic E-state index is -4.26. The molecule has 0 saturated heterocycles. The predicted octanol–water partition coefficient (Wildman–Crippen LogP) is 4.62. The van der Waals surface area contributed by atoms with Crippen LogP contribution in [0.1, 0.15) is 43.7 Å². The van der Waals surface area contributed by atoms with Crippen molar-refractivity contribution in [2.24, 2.45) is 17.8 Å². The van der Waals surface area contributed by atoms with Gasteiger partial charge in [0.25, 0.3) is 0 Å². The van der Waals surface area contributed by atoms with Crippen molar-refractivity contribution >= 4 is 0 Å². The number of hydrogen-bond donors (Lipinski definition) is 1. The van der Waals surface area contributed by atoms with Crippen LogP contribution < -0.4 is 5.32 Å². The summed E-state index contributed by atoms with van der Waals surface area (Å²) in [6.07, 6.45) is 1.11. The molecule has 2 bridgehead atoms. The second-order valence-corrected chi connectivity index (χ2v) is 6.71. The summed E-state index contributed by atoms with van der Waals surface area (Å²) in [5.74, 6) is 2.44. The van der Waals surface area contributed by atoms with Crippen molar-refractivity contribution in [1.29, 1.82) is 0 Å². The van der Waals surface area contributed by atoms with Crippen molar-refractivity contribution in [2.45, 2.75) is 51.4 Å². The molecule has 4 unspecified atom stereocenters. The van der Waals surface area contributed by atoms with Gasteiger partial charge in [0.1, 0.15) is 0 Å². The van der Waals surface area contributed by atoms with E-state index >= 15 is 0 Å². The molecule has 4 heteroatoms. The van der Waals surface area contributed by atoms with Crippen LogP contribution in [0.15, 0.2) is 24.3 Å². The third-order valence-electron chi connectivity index (χ3n) is 5.32. The Morgan fingerprint density at radius 1 is 1.24 bits per heavy atom. The van der Waals surface area contributed by atoms with Crippen LogP contribution in [0.4, 0.5) is 13.2 Å². The summed E-state index contributed by atoms with van der Waals surface area (Å²) in [6, 6.07) is 6.01. The van der Waals surface area contributed by atoms with Crippen LogP contribution in [0.25, 0.3) is 0 Å². The largest absolute Gasteiger partial charge is 0.416 e. The van der Waals surface area contributed by atoms with E-state index in [9.17, 15) is 13.2 Å². The average molecular weight is 297 g/mol. The van der Waals surface area contributed by atoms with Crippen LogP contribution >= 0.6 is 0 Å². The highest BCUT2D eigenvalue weighted by Crippen LogP contribution is 2.49. The topological polar surface area (TPSA) is 12.0 Å². The molecule has 1 aromatic carbocycles. The van der Waals surface area contributed by atoms with E-state index in [1.54, 1.807) is 6.07 Å². The molecule has 0 aliphatic heterocycles. The highest BCUT2D eigenvalue weighted by Gasteiger charge is 2.41. The monoisotopic (exact) mass is 297 g/mol. The van der Waals surface area contributed by atoms with Crippen molar-refractivity contribution in [3.8, 4) is 0 Å². The van der Waals surface area contributed by atoms with E-state index < -0.39 is 11.7 Å². The Bertz CT molecular complexity index is 497. The van der Waals surface area contributed by atoms with E-state index in [1.807, 2.05) is 0 Å². The zero-order valence-corrected chi connectivity index (χ0v) is 12.3. The zero-order chi connectivity index (χ0) is 15.0. The molecule has 1 nitrogen and oxygen atoms in total. The lowest BCUT2D eigenvalue weighted by molar-refractivity contribution is -0.137. The van der Waals surface area contributed by atoms with Crippen molar-refractivity contribution < 1.29 is 13.2 Å². The molecular weight excluding hydrogens is 275 g/mol. The first-order valence-electron chi connectivity index (χ1n) is 7.83. The Morgan fingerprint density at radius 3 is 2.67 bits per heavy atom. The van der Waals surface area contributed by atoms with Gasteiger partial charge in [-0.3, -0.25) is 0 Å². The maximum atomic E-state index is 12.7. The van der Waals surface area contributed by atoms with Gasteiger partial charge in [0.05, 0.1) is 5.56 Å². The van der Waals surface area contributed by atoms with Gasteiger partial charge in [-0.15, -0.1) is 0 Å². The number of nitrogens with one attached hydrogen (secondary N) is 1. The van der Waals surface area contributed by atoms with E-state index in [1.165, 1.54) is 37.8 Å². The number of benzene rings is 1.